The Balaban J connectivity index is 1.87. The third-order valence-corrected chi connectivity index (χ3v) is 4.24. The molecule has 1 unspecified atom stereocenters. The largest absolute Gasteiger partial charge is 0.487 e. The first-order chi connectivity index (χ1) is 13.1. The van der Waals surface area contributed by atoms with Crippen LogP contribution in [0.5, 0.6) is 0 Å². The standard InChI is InChI=1S/C21H22N2O4/c22-20(25)18-19(26-13-16-7-3-1-4-8-16)21(15-24,11-12-23-18)27-14-17-9-5-2-6-10-17/h1-12,23-24H,13-15H2,(H2,22,25). The van der Waals surface area contributed by atoms with Crippen molar-refractivity contribution in [3.05, 3.63) is 95.5 Å². The summed E-state index contributed by atoms with van der Waals surface area (Å²) in [5.74, 6) is -0.525. The molecule has 1 heterocycles. The zero-order valence-corrected chi connectivity index (χ0v) is 14.8. The number of carbonyl (C=O) groups excluding carboxylic acids is 1. The van der Waals surface area contributed by atoms with E-state index in [2.05, 4.69) is 5.32 Å². The maximum Gasteiger partial charge on any atom is 0.268 e. The second-order valence-electron chi connectivity index (χ2n) is 6.14. The number of amides is 1. The molecule has 1 atom stereocenters. The van der Waals surface area contributed by atoms with E-state index in [4.69, 9.17) is 15.2 Å². The molecule has 0 saturated carbocycles. The SMILES string of the molecule is NC(=O)C1=C(OCc2ccccc2)C(CO)(OCc2ccccc2)C=CN1. The van der Waals surface area contributed by atoms with E-state index in [9.17, 15) is 9.90 Å². The first-order valence-corrected chi connectivity index (χ1v) is 8.59. The number of hydrogen-bond donors (Lipinski definition) is 3. The molecule has 1 aliphatic rings. The summed E-state index contributed by atoms with van der Waals surface area (Å²) in [6.07, 6.45) is 3.15. The van der Waals surface area contributed by atoms with Crippen LogP contribution < -0.4 is 11.1 Å². The molecular formula is C21H22N2O4. The molecule has 0 aliphatic carbocycles. The van der Waals surface area contributed by atoms with Crippen LogP contribution in [0, 0.1) is 0 Å². The Morgan fingerprint density at radius 3 is 2.15 bits per heavy atom. The highest BCUT2D eigenvalue weighted by Crippen LogP contribution is 2.31. The fourth-order valence-electron chi connectivity index (χ4n) is 2.79. The van der Waals surface area contributed by atoms with Crippen molar-refractivity contribution in [2.75, 3.05) is 6.61 Å². The number of nitrogens with two attached hydrogens (primary N) is 1. The van der Waals surface area contributed by atoms with Gasteiger partial charge in [-0.05, 0) is 17.2 Å². The summed E-state index contributed by atoms with van der Waals surface area (Å²) in [6, 6.07) is 19.1. The summed E-state index contributed by atoms with van der Waals surface area (Å²) in [5.41, 5.74) is 6.11. The maximum atomic E-state index is 11.9. The number of primary amides is 1. The Hall–Kier alpha value is -3.09. The van der Waals surface area contributed by atoms with Gasteiger partial charge in [-0.25, -0.2) is 0 Å². The number of ether oxygens (including phenoxy) is 2. The summed E-state index contributed by atoms with van der Waals surface area (Å²) in [4.78, 5) is 11.9. The molecule has 3 rings (SSSR count). The third-order valence-electron chi connectivity index (χ3n) is 4.24. The van der Waals surface area contributed by atoms with Crippen molar-refractivity contribution in [1.29, 1.82) is 0 Å². The summed E-state index contributed by atoms with van der Waals surface area (Å²) in [6.45, 7) is 0.0355. The van der Waals surface area contributed by atoms with Gasteiger partial charge in [-0.15, -0.1) is 0 Å². The van der Waals surface area contributed by atoms with Gasteiger partial charge in [-0.3, -0.25) is 4.79 Å². The van der Waals surface area contributed by atoms with Crippen molar-refractivity contribution < 1.29 is 19.4 Å². The van der Waals surface area contributed by atoms with Gasteiger partial charge in [0, 0.05) is 6.20 Å². The first kappa shape index (κ1) is 18.7. The van der Waals surface area contributed by atoms with E-state index in [1.54, 1.807) is 6.08 Å². The van der Waals surface area contributed by atoms with Crippen molar-refractivity contribution in [3.63, 3.8) is 0 Å². The second-order valence-corrected chi connectivity index (χ2v) is 6.14. The van der Waals surface area contributed by atoms with E-state index >= 15 is 0 Å². The van der Waals surface area contributed by atoms with E-state index in [0.717, 1.165) is 11.1 Å². The highest BCUT2D eigenvalue weighted by molar-refractivity contribution is 5.92. The molecule has 2 aromatic carbocycles. The number of dihydropyridines is 1. The average molecular weight is 366 g/mol. The van der Waals surface area contributed by atoms with Gasteiger partial charge in [0.15, 0.2) is 11.4 Å². The van der Waals surface area contributed by atoms with E-state index < -0.39 is 18.1 Å². The molecule has 6 nitrogen and oxygen atoms in total. The fourth-order valence-corrected chi connectivity index (χ4v) is 2.79. The van der Waals surface area contributed by atoms with Gasteiger partial charge in [-0.1, -0.05) is 60.7 Å². The highest BCUT2D eigenvalue weighted by atomic mass is 16.6. The van der Waals surface area contributed by atoms with Gasteiger partial charge in [0.2, 0.25) is 0 Å². The number of aliphatic hydroxyl groups is 1. The monoisotopic (exact) mass is 366 g/mol. The van der Waals surface area contributed by atoms with Gasteiger partial charge >= 0.3 is 0 Å². The summed E-state index contributed by atoms with van der Waals surface area (Å²) in [7, 11) is 0. The van der Waals surface area contributed by atoms with Gasteiger partial charge in [0.1, 0.15) is 12.3 Å². The Bertz CT molecular complexity index is 834. The van der Waals surface area contributed by atoms with Crippen molar-refractivity contribution in [2.45, 2.75) is 18.8 Å². The minimum Gasteiger partial charge on any atom is -0.487 e. The average Bonchev–Trinajstić information content (AvgIpc) is 2.72. The topological polar surface area (TPSA) is 93.8 Å². The Kier molecular flexibility index (Phi) is 5.90. The molecule has 0 spiro atoms. The van der Waals surface area contributed by atoms with Gasteiger partial charge < -0.3 is 25.6 Å². The van der Waals surface area contributed by atoms with Crippen LogP contribution in [-0.4, -0.2) is 23.2 Å². The molecule has 0 radical (unpaired) electrons. The van der Waals surface area contributed by atoms with E-state index in [-0.39, 0.29) is 24.7 Å². The Labute approximate surface area is 157 Å². The van der Waals surface area contributed by atoms with Gasteiger partial charge in [0.05, 0.1) is 13.2 Å². The summed E-state index contributed by atoms with van der Waals surface area (Å²) in [5, 5.41) is 12.9. The van der Waals surface area contributed by atoms with Crippen LogP contribution in [0.15, 0.2) is 84.4 Å². The van der Waals surface area contributed by atoms with Gasteiger partial charge in [0.25, 0.3) is 5.91 Å². The highest BCUT2D eigenvalue weighted by Gasteiger charge is 2.40. The Morgan fingerprint density at radius 1 is 1.00 bits per heavy atom. The van der Waals surface area contributed by atoms with Crippen molar-refractivity contribution in [1.82, 2.24) is 5.32 Å². The smallest absolute Gasteiger partial charge is 0.268 e. The van der Waals surface area contributed by atoms with Crippen LogP contribution in [0.1, 0.15) is 11.1 Å². The quantitative estimate of drug-likeness (QED) is 0.664. The molecule has 0 saturated heterocycles. The Morgan fingerprint density at radius 2 is 1.59 bits per heavy atom. The minimum absolute atomic E-state index is 0.0653. The molecule has 4 N–H and O–H groups in total. The van der Waals surface area contributed by atoms with Crippen LogP contribution in [0.25, 0.3) is 0 Å². The van der Waals surface area contributed by atoms with E-state index in [1.807, 2.05) is 60.7 Å². The van der Waals surface area contributed by atoms with E-state index in [1.165, 1.54) is 6.20 Å². The maximum absolute atomic E-state index is 11.9. The summed E-state index contributed by atoms with van der Waals surface area (Å²) < 4.78 is 11.9. The predicted molar refractivity (Wildman–Crippen MR) is 101 cm³/mol. The molecule has 140 valence electrons. The van der Waals surface area contributed by atoms with Crippen molar-refractivity contribution >= 4 is 5.91 Å². The van der Waals surface area contributed by atoms with Crippen LogP contribution >= 0.6 is 0 Å². The number of nitrogens with one attached hydrogen (secondary N) is 1. The lowest BCUT2D eigenvalue weighted by Crippen LogP contribution is -2.44. The van der Waals surface area contributed by atoms with E-state index in [0.29, 0.717) is 0 Å². The number of benzene rings is 2. The number of aliphatic hydroxyl groups excluding tert-OH is 1. The van der Waals surface area contributed by atoms with Crippen LogP contribution in [0.3, 0.4) is 0 Å². The normalized spacial score (nSPS) is 18.9. The number of carbonyl (C=O) groups is 1. The second kappa shape index (κ2) is 8.53. The fraction of sp³-hybridized carbons (Fsp3) is 0.190. The lowest BCUT2D eigenvalue weighted by molar-refractivity contribution is -0.116. The molecule has 6 heteroatoms. The van der Waals surface area contributed by atoms with Crippen LogP contribution in [-0.2, 0) is 27.5 Å². The zero-order chi connectivity index (χ0) is 19.1. The molecule has 0 fully saturated rings. The molecular weight excluding hydrogens is 344 g/mol. The minimum atomic E-state index is -1.31. The first-order valence-electron chi connectivity index (χ1n) is 8.59. The van der Waals surface area contributed by atoms with Gasteiger partial charge in [-0.2, -0.15) is 0 Å². The molecule has 1 amide bonds. The number of rotatable bonds is 8. The number of hydrogen-bond acceptors (Lipinski definition) is 5. The molecule has 0 aromatic heterocycles. The molecule has 1 aliphatic heterocycles. The lowest BCUT2D eigenvalue weighted by Gasteiger charge is -2.35. The molecule has 0 bridgehead atoms. The molecule has 2 aromatic rings. The van der Waals surface area contributed by atoms with Crippen molar-refractivity contribution in [2.24, 2.45) is 5.73 Å². The van der Waals surface area contributed by atoms with Crippen LogP contribution in [0.2, 0.25) is 0 Å². The third kappa shape index (κ3) is 4.36. The van der Waals surface area contributed by atoms with Crippen molar-refractivity contribution in [3.8, 4) is 0 Å². The lowest BCUT2D eigenvalue weighted by atomic mass is 9.97. The zero-order valence-electron chi connectivity index (χ0n) is 14.8. The molecule has 27 heavy (non-hydrogen) atoms. The summed E-state index contributed by atoms with van der Waals surface area (Å²) >= 11 is 0. The predicted octanol–water partition coefficient (Wildman–Crippen LogP) is 1.96. The van der Waals surface area contributed by atoms with Crippen LogP contribution in [0.4, 0.5) is 0 Å².